The molecular weight excluding hydrogens is 521 g/mol. The number of ether oxygens (including phenoxy) is 1. The third kappa shape index (κ3) is 7.57. The highest BCUT2D eigenvalue weighted by molar-refractivity contribution is 7.92. The first kappa shape index (κ1) is 29.6. The molecule has 10 heteroatoms. The first-order valence-corrected chi connectivity index (χ1v) is 14.1. The van der Waals surface area contributed by atoms with Crippen LogP contribution in [0.4, 0.5) is 10.1 Å². The molecule has 39 heavy (non-hydrogen) atoms. The van der Waals surface area contributed by atoms with Crippen LogP contribution in [-0.4, -0.2) is 51.4 Å². The van der Waals surface area contributed by atoms with Crippen molar-refractivity contribution in [2.75, 3.05) is 24.5 Å². The van der Waals surface area contributed by atoms with Gasteiger partial charge in [-0.1, -0.05) is 36.8 Å². The van der Waals surface area contributed by atoms with Crippen molar-refractivity contribution < 1.29 is 27.1 Å². The van der Waals surface area contributed by atoms with Crippen molar-refractivity contribution >= 4 is 27.5 Å². The summed E-state index contributed by atoms with van der Waals surface area (Å²) in [4.78, 5) is 28.0. The number of hydrogen-bond donors (Lipinski definition) is 1. The van der Waals surface area contributed by atoms with E-state index < -0.39 is 34.3 Å². The summed E-state index contributed by atoms with van der Waals surface area (Å²) in [6.45, 7) is 5.24. The van der Waals surface area contributed by atoms with Gasteiger partial charge in [-0.25, -0.2) is 12.8 Å². The van der Waals surface area contributed by atoms with Crippen molar-refractivity contribution in [2.45, 2.75) is 44.7 Å². The quantitative estimate of drug-likeness (QED) is 0.360. The summed E-state index contributed by atoms with van der Waals surface area (Å²) >= 11 is 0. The van der Waals surface area contributed by atoms with Gasteiger partial charge in [-0.2, -0.15) is 0 Å². The molecule has 3 aromatic carbocycles. The molecule has 0 bridgehead atoms. The lowest BCUT2D eigenvalue weighted by Gasteiger charge is -2.32. The Kier molecular flexibility index (Phi) is 10.1. The number of nitrogens with one attached hydrogen (secondary N) is 1. The van der Waals surface area contributed by atoms with Gasteiger partial charge in [0.2, 0.25) is 11.8 Å². The molecule has 0 saturated heterocycles. The Morgan fingerprint density at radius 2 is 1.59 bits per heavy atom. The van der Waals surface area contributed by atoms with Crippen molar-refractivity contribution in [3.8, 4) is 5.75 Å². The molecule has 1 unspecified atom stereocenters. The number of methoxy groups -OCH3 is 1. The first-order chi connectivity index (χ1) is 18.6. The molecule has 3 rings (SSSR count). The number of hydrogen-bond acceptors (Lipinski definition) is 5. The molecule has 0 spiro atoms. The van der Waals surface area contributed by atoms with Crippen LogP contribution in [0, 0.1) is 12.7 Å². The van der Waals surface area contributed by atoms with Gasteiger partial charge in [0.1, 0.15) is 24.2 Å². The number of sulfonamides is 1. The summed E-state index contributed by atoms with van der Waals surface area (Å²) in [6.07, 6.45) is 0.714. The van der Waals surface area contributed by atoms with E-state index in [2.05, 4.69) is 5.32 Å². The van der Waals surface area contributed by atoms with Gasteiger partial charge < -0.3 is 15.0 Å². The van der Waals surface area contributed by atoms with Gasteiger partial charge in [-0.3, -0.25) is 13.9 Å². The fourth-order valence-electron chi connectivity index (χ4n) is 3.88. The van der Waals surface area contributed by atoms with E-state index in [0.717, 1.165) is 9.87 Å². The van der Waals surface area contributed by atoms with Gasteiger partial charge >= 0.3 is 0 Å². The largest absolute Gasteiger partial charge is 0.497 e. The molecule has 208 valence electrons. The minimum absolute atomic E-state index is 0.00978. The average molecular weight is 556 g/mol. The summed E-state index contributed by atoms with van der Waals surface area (Å²) in [6, 6.07) is 17.4. The number of aryl methyl sites for hydroxylation is 1. The number of carbonyl (C=O) groups is 2. The number of nitrogens with zero attached hydrogens (tertiary/aromatic N) is 2. The number of halogens is 1. The fourth-order valence-corrected chi connectivity index (χ4v) is 5.29. The molecule has 2 amide bonds. The second-order valence-electron chi connectivity index (χ2n) is 9.14. The predicted molar refractivity (Wildman–Crippen MR) is 148 cm³/mol. The second-order valence-corrected chi connectivity index (χ2v) is 11.0. The Hall–Kier alpha value is -3.92. The smallest absolute Gasteiger partial charge is 0.264 e. The lowest BCUT2D eigenvalue weighted by atomic mass is 10.1. The molecule has 0 saturated carbocycles. The van der Waals surface area contributed by atoms with E-state index in [-0.39, 0.29) is 17.3 Å². The maximum absolute atomic E-state index is 13.8. The van der Waals surface area contributed by atoms with Crippen LogP contribution in [0.1, 0.15) is 31.4 Å². The summed E-state index contributed by atoms with van der Waals surface area (Å²) in [5.74, 6) is -0.894. The Bertz CT molecular complexity index is 1360. The van der Waals surface area contributed by atoms with Crippen LogP contribution in [0.5, 0.6) is 5.75 Å². The van der Waals surface area contributed by atoms with Crippen LogP contribution in [0.3, 0.4) is 0 Å². The van der Waals surface area contributed by atoms with E-state index in [1.54, 1.807) is 31.2 Å². The monoisotopic (exact) mass is 555 g/mol. The standard InChI is InChI=1S/C29H34FN3O5S/c1-5-18-31-29(35)22(3)32(19-23-8-10-24(30)11-9-23)28(34)20-33(25-12-6-21(2)7-13-25)39(36,37)27-16-14-26(38-4)15-17-27/h6-17,22H,5,18-20H2,1-4H3,(H,31,35). The molecule has 0 aliphatic heterocycles. The van der Waals surface area contributed by atoms with E-state index in [0.29, 0.717) is 30.0 Å². The van der Waals surface area contributed by atoms with Crippen molar-refractivity contribution in [1.29, 1.82) is 0 Å². The molecular formula is C29H34FN3O5S. The molecule has 0 aliphatic rings. The van der Waals surface area contributed by atoms with Crippen LogP contribution >= 0.6 is 0 Å². The number of anilines is 1. The molecule has 3 aromatic rings. The maximum atomic E-state index is 13.8. The summed E-state index contributed by atoms with van der Waals surface area (Å²) in [5.41, 5.74) is 1.82. The first-order valence-electron chi connectivity index (χ1n) is 12.6. The Balaban J connectivity index is 2.00. The van der Waals surface area contributed by atoms with Crippen LogP contribution in [-0.2, 0) is 26.2 Å². The zero-order valence-corrected chi connectivity index (χ0v) is 23.4. The van der Waals surface area contributed by atoms with Gasteiger partial charge in [0, 0.05) is 13.1 Å². The Morgan fingerprint density at radius 3 is 2.15 bits per heavy atom. The summed E-state index contributed by atoms with van der Waals surface area (Å²) in [5, 5.41) is 2.78. The SMILES string of the molecule is CCCNC(=O)C(C)N(Cc1ccc(F)cc1)C(=O)CN(c1ccc(C)cc1)S(=O)(=O)c1ccc(OC)cc1. The van der Waals surface area contributed by atoms with Crippen molar-refractivity contribution in [1.82, 2.24) is 10.2 Å². The summed E-state index contributed by atoms with van der Waals surface area (Å²) < 4.78 is 47.3. The number of benzene rings is 3. The molecule has 0 radical (unpaired) electrons. The van der Waals surface area contributed by atoms with Crippen LogP contribution in [0.15, 0.2) is 77.7 Å². The normalized spacial score (nSPS) is 11.9. The van der Waals surface area contributed by atoms with Gasteiger partial charge in [0.25, 0.3) is 10.0 Å². The zero-order chi connectivity index (χ0) is 28.6. The van der Waals surface area contributed by atoms with E-state index in [1.807, 2.05) is 13.8 Å². The van der Waals surface area contributed by atoms with Crippen LogP contribution in [0.25, 0.3) is 0 Å². The highest BCUT2D eigenvalue weighted by Gasteiger charge is 2.32. The van der Waals surface area contributed by atoms with Gasteiger partial charge in [-0.05, 0) is 74.4 Å². The molecule has 0 heterocycles. The van der Waals surface area contributed by atoms with Crippen molar-refractivity contribution in [3.05, 3.63) is 89.7 Å². The lowest BCUT2D eigenvalue weighted by Crippen LogP contribution is -2.51. The highest BCUT2D eigenvalue weighted by Crippen LogP contribution is 2.26. The Labute approximate surface area is 229 Å². The number of rotatable bonds is 12. The van der Waals surface area contributed by atoms with Crippen molar-refractivity contribution in [2.24, 2.45) is 0 Å². The minimum atomic E-state index is -4.18. The van der Waals surface area contributed by atoms with Crippen LogP contribution in [0.2, 0.25) is 0 Å². The third-order valence-corrected chi connectivity index (χ3v) is 8.02. The van der Waals surface area contributed by atoms with E-state index >= 15 is 0 Å². The maximum Gasteiger partial charge on any atom is 0.264 e. The van der Waals surface area contributed by atoms with E-state index in [9.17, 15) is 22.4 Å². The van der Waals surface area contributed by atoms with Gasteiger partial charge in [0.15, 0.2) is 0 Å². The van der Waals surface area contributed by atoms with E-state index in [4.69, 9.17) is 4.74 Å². The molecule has 0 fully saturated rings. The zero-order valence-electron chi connectivity index (χ0n) is 22.6. The lowest BCUT2D eigenvalue weighted by molar-refractivity contribution is -0.139. The molecule has 1 atom stereocenters. The number of amides is 2. The predicted octanol–water partition coefficient (Wildman–Crippen LogP) is 4.28. The molecule has 8 nitrogen and oxygen atoms in total. The topological polar surface area (TPSA) is 96.0 Å². The third-order valence-electron chi connectivity index (χ3n) is 6.23. The second kappa shape index (κ2) is 13.2. The van der Waals surface area contributed by atoms with Crippen molar-refractivity contribution in [3.63, 3.8) is 0 Å². The highest BCUT2D eigenvalue weighted by atomic mass is 32.2. The Morgan fingerprint density at radius 1 is 0.974 bits per heavy atom. The van der Waals surface area contributed by atoms with Crippen LogP contribution < -0.4 is 14.4 Å². The molecule has 0 aromatic heterocycles. The van der Waals surface area contributed by atoms with Gasteiger partial charge in [0.05, 0.1) is 17.7 Å². The molecule has 0 aliphatic carbocycles. The van der Waals surface area contributed by atoms with Gasteiger partial charge in [-0.15, -0.1) is 0 Å². The molecule has 1 N–H and O–H groups in total. The van der Waals surface area contributed by atoms with E-state index in [1.165, 1.54) is 60.5 Å². The summed E-state index contributed by atoms with van der Waals surface area (Å²) in [7, 11) is -2.70. The fraction of sp³-hybridized carbons (Fsp3) is 0.310. The minimum Gasteiger partial charge on any atom is -0.497 e. The average Bonchev–Trinajstić information content (AvgIpc) is 2.94. The number of carbonyl (C=O) groups excluding carboxylic acids is 2.